The Balaban J connectivity index is 1.47. The van der Waals surface area contributed by atoms with E-state index in [0.29, 0.717) is 23.6 Å². The van der Waals surface area contributed by atoms with E-state index in [4.69, 9.17) is 15.3 Å². The normalized spacial score (nSPS) is 14.6. The number of hydrogen-bond donors (Lipinski definition) is 0. The zero-order valence-electron chi connectivity index (χ0n) is 13.9. The average Bonchev–Trinajstić information content (AvgIpc) is 2.69. The van der Waals surface area contributed by atoms with Crippen LogP contribution >= 0.6 is 0 Å². The molecular formula is C19H19N5O. The van der Waals surface area contributed by atoms with Crippen molar-refractivity contribution in [2.75, 3.05) is 44.2 Å². The standard InChI is InChI=1S/C19H19N5O/c20-14-16-3-1-2-4-19(16)25-12-11-23-7-9-24(10-8-23)18-5-6-22-17(13-18)15-21/h1-6,13H,7-12H2. The van der Waals surface area contributed by atoms with E-state index < -0.39 is 0 Å². The van der Waals surface area contributed by atoms with Gasteiger partial charge in [0.1, 0.15) is 30.2 Å². The summed E-state index contributed by atoms with van der Waals surface area (Å²) in [5.74, 6) is 0.643. The van der Waals surface area contributed by atoms with E-state index in [0.717, 1.165) is 38.4 Å². The van der Waals surface area contributed by atoms with E-state index in [9.17, 15) is 0 Å². The molecule has 0 unspecified atom stereocenters. The maximum atomic E-state index is 9.07. The van der Waals surface area contributed by atoms with E-state index in [1.165, 1.54) is 0 Å². The largest absolute Gasteiger partial charge is 0.491 e. The third kappa shape index (κ3) is 4.26. The van der Waals surface area contributed by atoms with Gasteiger partial charge in [0.05, 0.1) is 5.56 Å². The number of aromatic nitrogens is 1. The lowest BCUT2D eigenvalue weighted by Gasteiger charge is -2.36. The molecule has 1 saturated heterocycles. The van der Waals surface area contributed by atoms with Gasteiger partial charge in [-0.25, -0.2) is 4.98 Å². The second kappa shape index (κ2) is 8.14. The molecular weight excluding hydrogens is 314 g/mol. The van der Waals surface area contributed by atoms with Gasteiger partial charge in [-0.3, -0.25) is 4.90 Å². The fourth-order valence-electron chi connectivity index (χ4n) is 2.88. The highest BCUT2D eigenvalue weighted by molar-refractivity contribution is 5.49. The van der Waals surface area contributed by atoms with Crippen LogP contribution in [0.25, 0.3) is 0 Å². The Morgan fingerprint density at radius 1 is 1.04 bits per heavy atom. The maximum Gasteiger partial charge on any atom is 0.142 e. The highest BCUT2D eigenvalue weighted by Gasteiger charge is 2.17. The van der Waals surface area contributed by atoms with Crippen LogP contribution in [0.3, 0.4) is 0 Å². The molecule has 2 aromatic rings. The minimum atomic E-state index is 0.449. The van der Waals surface area contributed by atoms with Crippen molar-refractivity contribution in [2.24, 2.45) is 0 Å². The highest BCUT2D eigenvalue weighted by atomic mass is 16.5. The van der Waals surface area contributed by atoms with Crippen molar-refractivity contribution < 1.29 is 4.74 Å². The number of pyridine rings is 1. The minimum Gasteiger partial charge on any atom is -0.491 e. The molecule has 1 aromatic heterocycles. The van der Waals surface area contributed by atoms with Gasteiger partial charge >= 0.3 is 0 Å². The number of para-hydroxylation sites is 1. The third-order valence-electron chi connectivity index (χ3n) is 4.27. The van der Waals surface area contributed by atoms with Crippen LogP contribution in [0.1, 0.15) is 11.3 Å². The quantitative estimate of drug-likeness (QED) is 0.833. The van der Waals surface area contributed by atoms with Gasteiger partial charge in [0.15, 0.2) is 0 Å². The summed E-state index contributed by atoms with van der Waals surface area (Å²) in [5.41, 5.74) is 2.06. The van der Waals surface area contributed by atoms with Crippen LogP contribution in [0, 0.1) is 22.7 Å². The summed E-state index contributed by atoms with van der Waals surface area (Å²) in [6, 6.07) is 15.3. The van der Waals surface area contributed by atoms with Crippen LogP contribution in [0.15, 0.2) is 42.6 Å². The predicted molar refractivity (Wildman–Crippen MR) is 94.3 cm³/mol. The Kier molecular flexibility index (Phi) is 5.46. The zero-order valence-corrected chi connectivity index (χ0v) is 13.9. The van der Waals surface area contributed by atoms with Crippen LogP contribution < -0.4 is 9.64 Å². The van der Waals surface area contributed by atoms with Crippen LogP contribution in [0.4, 0.5) is 5.69 Å². The van der Waals surface area contributed by atoms with Gasteiger partial charge in [0.25, 0.3) is 0 Å². The molecule has 0 saturated carbocycles. The van der Waals surface area contributed by atoms with E-state index in [1.807, 2.05) is 30.3 Å². The van der Waals surface area contributed by atoms with Crippen LogP contribution in [-0.4, -0.2) is 49.2 Å². The van der Waals surface area contributed by atoms with Gasteiger partial charge in [-0.15, -0.1) is 0 Å². The molecule has 6 heteroatoms. The molecule has 0 atom stereocenters. The number of nitrogens with zero attached hydrogens (tertiary/aromatic N) is 5. The van der Waals surface area contributed by atoms with Crippen molar-refractivity contribution >= 4 is 5.69 Å². The molecule has 1 aliphatic rings. The molecule has 0 spiro atoms. The molecule has 6 nitrogen and oxygen atoms in total. The second-order valence-corrected chi connectivity index (χ2v) is 5.80. The molecule has 1 aromatic carbocycles. The number of anilines is 1. The first kappa shape index (κ1) is 16.8. The molecule has 1 aliphatic heterocycles. The molecule has 126 valence electrons. The molecule has 1 fully saturated rings. The summed E-state index contributed by atoms with van der Waals surface area (Å²) in [6.45, 7) is 5.08. The molecule has 2 heterocycles. The van der Waals surface area contributed by atoms with Crippen LogP contribution in [-0.2, 0) is 0 Å². The first-order valence-corrected chi connectivity index (χ1v) is 8.25. The van der Waals surface area contributed by atoms with E-state index >= 15 is 0 Å². The summed E-state index contributed by atoms with van der Waals surface area (Å²) in [6.07, 6.45) is 1.68. The summed E-state index contributed by atoms with van der Waals surface area (Å²) < 4.78 is 5.75. The fourth-order valence-corrected chi connectivity index (χ4v) is 2.88. The van der Waals surface area contributed by atoms with Gasteiger partial charge < -0.3 is 9.64 Å². The Morgan fingerprint density at radius 2 is 1.84 bits per heavy atom. The van der Waals surface area contributed by atoms with Gasteiger partial charge in [-0.05, 0) is 24.3 Å². The number of rotatable bonds is 5. The smallest absolute Gasteiger partial charge is 0.142 e. The van der Waals surface area contributed by atoms with Gasteiger partial charge in [0.2, 0.25) is 0 Å². The summed E-state index contributed by atoms with van der Waals surface area (Å²) in [7, 11) is 0. The SMILES string of the molecule is N#Cc1cc(N2CCN(CCOc3ccccc3C#N)CC2)ccn1. The first-order chi connectivity index (χ1) is 12.3. The molecule has 0 amide bonds. The molecule has 0 aliphatic carbocycles. The van der Waals surface area contributed by atoms with Crippen molar-refractivity contribution in [3.63, 3.8) is 0 Å². The number of hydrogen-bond acceptors (Lipinski definition) is 6. The first-order valence-electron chi connectivity index (χ1n) is 8.25. The average molecular weight is 333 g/mol. The van der Waals surface area contributed by atoms with Gasteiger partial charge in [0, 0.05) is 44.6 Å². The Hall–Kier alpha value is -3.09. The maximum absolute atomic E-state index is 9.07. The fraction of sp³-hybridized carbons (Fsp3) is 0.316. The lowest BCUT2D eigenvalue weighted by Crippen LogP contribution is -2.47. The summed E-state index contributed by atoms with van der Waals surface area (Å²) in [4.78, 5) is 8.63. The van der Waals surface area contributed by atoms with Crippen molar-refractivity contribution in [3.8, 4) is 17.9 Å². The number of benzene rings is 1. The minimum absolute atomic E-state index is 0.449. The third-order valence-corrected chi connectivity index (χ3v) is 4.27. The van der Waals surface area contributed by atoms with Gasteiger partial charge in [-0.1, -0.05) is 12.1 Å². The monoisotopic (exact) mass is 333 g/mol. The Bertz CT molecular complexity index is 800. The lowest BCUT2D eigenvalue weighted by atomic mass is 10.2. The number of piperazine rings is 1. The molecule has 0 N–H and O–H groups in total. The summed E-state index contributed by atoms with van der Waals surface area (Å²) >= 11 is 0. The van der Waals surface area contributed by atoms with Crippen molar-refractivity contribution in [2.45, 2.75) is 0 Å². The Morgan fingerprint density at radius 3 is 2.60 bits per heavy atom. The molecule has 25 heavy (non-hydrogen) atoms. The van der Waals surface area contributed by atoms with Crippen molar-refractivity contribution in [3.05, 3.63) is 53.9 Å². The van der Waals surface area contributed by atoms with Crippen LogP contribution in [0.2, 0.25) is 0 Å². The number of nitriles is 2. The zero-order chi connectivity index (χ0) is 17.5. The predicted octanol–water partition coefficient (Wildman–Crippen LogP) is 2.03. The highest BCUT2D eigenvalue weighted by Crippen LogP contribution is 2.18. The Labute approximate surface area is 147 Å². The summed E-state index contributed by atoms with van der Waals surface area (Å²) in [5, 5.41) is 18.0. The molecule has 0 radical (unpaired) electrons. The lowest BCUT2D eigenvalue weighted by molar-refractivity contribution is 0.200. The topological polar surface area (TPSA) is 76.2 Å². The molecule has 3 rings (SSSR count). The van der Waals surface area contributed by atoms with Crippen molar-refractivity contribution in [1.82, 2.24) is 9.88 Å². The number of ether oxygens (including phenoxy) is 1. The van der Waals surface area contributed by atoms with E-state index in [1.54, 1.807) is 12.3 Å². The van der Waals surface area contributed by atoms with Crippen molar-refractivity contribution in [1.29, 1.82) is 10.5 Å². The van der Waals surface area contributed by atoms with E-state index in [2.05, 4.69) is 26.9 Å². The van der Waals surface area contributed by atoms with E-state index in [-0.39, 0.29) is 0 Å². The van der Waals surface area contributed by atoms with Gasteiger partial charge in [-0.2, -0.15) is 10.5 Å². The van der Waals surface area contributed by atoms with Crippen LogP contribution in [0.5, 0.6) is 5.75 Å². The second-order valence-electron chi connectivity index (χ2n) is 5.80. The molecule has 0 bridgehead atoms.